The van der Waals surface area contributed by atoms with E-state index in [0.29, 0.717) is 18.5 Å². The number of carbonyl (C=O) groups is 3. The fraction of sp³-hybridized carbons (Fsp3) is 0.375. The highest BCUT2D eigenvalue weighted by atomic mass is 19.4. The number of quaternary nitrogens is 1. The number of amides is 2. The maximum Gasteiger partial charge on any atom is 0.430 e. The lowest BCUT2D eigenvalue weighted by molar-refractivity contribution is -0.409. The van der Waals surface area contributed by atoms with Crippen molar-refractivity contribution in [2.75, 3.05) is 27.2 Å². The molecular formula is C24H26F5N3O4. The number of carboxylic acid groups (broad SMARTS) is 1. The topological polar surface area (TPSA) is 108 Å². The highest BCUT2D eigenvalue weighted by Gasteiger charge is 2.40. The van der Waals surface area contributed by atoms with Gasteiger partial charge in [-0.3, -0.25) is 9.59 Å². The van der Waals surface area contributed by atoms with Crippen molar-refractivity contribution in [3.05, 3.63) is 59.9 Å². The van der Waals surface area contributed by atoms with Crippen molar-refractivity contribution in [2.24, 2.45) is 0 Å². The van der Waals surface area contributed by atoms with Gasteiger partial charge in [-0.05, 0) is 35.2 Å². The number of carboxylic acids is 1. The molecule has 0 saturated carbocycles. The van der Waals surface area contributed by atoms with E-state index >= 15 is 0 Å². The van der Waals surface area contributed by atoms with E-state index in [9.17, 15) is 31.5 Å². The maximum atomic E-state index is 13.5. The van der Waals surface area contributed by atoms with E-state index in [0.717, 1.165) is 11.1 Å². The minimum atomic E-state index is -5.19. The van der Waals surface area contributed by atoms with Gasteiger partial charge in [0, 0.05) is 20.6 Å². The number of carbonyl (C=O) groups excluding carboxylic acids is 3. The van der Waals surface area contributed by atoms with Crippen LogP contribution in [-0.4, -0.2) is 73.2 Å². The molecule has 0 aliphatic carbocycles. The van der Waals surface area contributed by atoms with Gasteiger partial charge in [0.2, 0.25) is 5.91 Å². The van der Waals surface area contributed by atoms with Crippen molar-refractivity contribution in [1.29, 1.82) is 0 Å². The molecule has 12 heteroatoms. The average Bonchev–Trinajstić information content (AvgIpc) is 3.25. The molecule has 7 nitrogen and oxygen atoms in total. The van der Waals surface area contributed by atoms with Crippen LogP contribution in [0.25, 0.3) is 11.1 Å². The molecule has 196 valence electrons. The highest BCUT2D eigenvalue weighted by Crippen LogP contribution is 2.27. The number of rotatable bonds is 5. The van der Waals surface area contributed by atoms with E-state index in [1.165, 1.54) is 21.9 Å². The van der Waals surface area contributed by atoms with Gasteiger partial charge in [-0.2, -0.15) is 13.2 Å². The van der Waals surface area contributed by atoms with E-state index in [1.807, 2.05) is 12.1 Å². The van der Waals surface area contributed by atoms with Gasteiger partial charge in [0.25, 0.3) is 5.91 Å². The number of alkyl halides is 4. The summed E-state index contributed by atoms with van der Waals surface area (Å²) in [6.45, 7) is 0.398. The lowest BCUT2D eigenvalue weighted by atomic mass is 9.88. The fourth-order valence-corrected chi connectivity index (χ4v) is 3.65. The Morgan fingerprint density at radius 2 is 1.50 bits per heavy atom. The molecule has 0 unspecified atom stereocenters. The molecular weight excluding hydrogens is 489 g/mol. The van der Waals surface area contributed by atoms with Crippen LogP contribution < -0.4 is 10.8 Å². The Bertz CT molecular complexity index is 1060. The first-order valence-electron chi connectivity index (χ1n) is 10.8. The molecule has 0 aromatic heterocycles. The summed E-state index contributed by atoms with van der Waals surface area (Å²) in [6, 6.07) is 12.5. The predicted octanol–water partition coefficient (Wildman–Crippen LogP) is 1.14. The summed E-state index contributed by atoms with van der Waals surface area (Å²) < 4.78 is 58.2. The summed E-state index contributed by atoms with van der Waals surface area (Å²) >= 11 is 0. The Morgan fingerprint density at radius 1 is 1.03 bits per heavy atom. The fourth-order valence-electron chi connectivity index (χ4n) is 3.65. The molecule has 1 aliphatic rings. The number of halogens is 5. The molecule has 2 amide bonds. The number of aliphatic carboxylic acids is 1. The molecule has 1 fully saturated rings. The first-order valence-corrected chi connectivity index (χ1v) is 10.8. The SMILES string of the molecule is CN(C)C(=O)[C@@H](c1ccc(-c2ccc(F)cc2)cc1)[C@H]([NH3+])C(=O)N1CC[C@H](F)C1.O=C([O-])C(F)(F)F. The molecule has 1 heterocycles. The third-order valence-corrected chi connectivity index (χ3v) is 5.55. The van der Waals surface area contributed by atoms with Crippen molar-refractivity contribution >= 4 is 17.8 Å². The molecule has 1 aliphatic heterocycles. The first-order chi connectivity index (χ1) is 16.7. The van der Waals surface area contributed by atoms with Crippen LogP contribution in [0.1, 0.15) is 17.9 Å². The van der Waals surface area contributed by atoms with Gasteiger partial charge in [-0.15, -0.1) is 0 Å². The molecule has 3 rings (SSSR count). The van der Waals surface area contributed by atoms with E-state index in [2.05, 4.69) is 5.73 Å². The minimum Gasteiger partial charge on any atom is -0.542 e. The van der Waals surface area contributed by atoms with E-state index < -0.39 is 30.3 Å². The first kappa shape index (κ1) is 28.7. The summed E-state index contributed by atoms with van der Waals surface area (Å²) in [5.74, 6) is -4.62. The molecule has 3 atom stereocenters. The Balaban J connectivity index is 0.000000572. The zero-order chi connectivity index (χ0) is 27.2. The zero-order valence-electron chi connectivity index (χ0n) is 19.6. The second kappa shape index (κ2) is 11.9. The van der Waals surface area contributed by atoms with Crippen LogP contribution in [0.5, 0.6) is 0 Å². The zero-order valence-corrected chi connectivity index (χ0v) is 19.6. The number of benzene rings is 2. The lowest BCUT2D eigenvalue weighted by Gasteiger charge is -2.26. The summed E-state index contributed by atoms with van der Waals surface area (Å²) in [7, 11) is 3.26. The summed E-state index contributed by atoms with van der Waals surface area (Å²) in [5, 5.41) is 8.78. The van der Waals surface area contributed by atoms with Gasteiger partial charge < -0.3 is 25.4 Å². The lowest BCUT2D eigenvalue weighted by Crippen LogP contribution is -2.71. The van der Waals surface area contributed by atoms with Crippen LogP contribution in [-0.2, 0) is 14.4 Å². The number of likely N-dealkylation sites (tertiary alicyclic amines) is 1. The van der Waals surface area contributed by atoms with Crippen molar-refractivity contribution in [2.45, 2.75) is 30.7 Å². The third kappa shape index (κ3) is 7.48. The Kier molecular flexibility index (Phi) is 9.51. The molecule has 2 aromatic rings. The molecule has 1 saturated heterocycles. The normalized spacial score (nSPS) is 17.0. The Labute approximate surface area is 204 Å². The van der Waals surface area contributed by atoms with Crippen molar-refractivity contribution in [1.82, 2.24) is 9.80 Å². The summed E-state index contributed by atoms with van der Waals surface area (Å²) in [5.41, 5.74) is 6.36. The number of hydrogen-bond acceptors (Lipinski definition) is 4. The average molecular weight is 515 g/mol. The van der Waals surface area contributed by atoms with Crippen molar-refractivity contribution < 1.29 is 47.2 Å². The monoisotopic (exact) mass is 515 g/mol. The van der Waals surface area contributed by atoms with Gasteiger partial charge in [0.15, 0.2) is 6.04 Å². The number of likely N-dealkylation sites (N-methyl/N-ethyl adjacent to an activating group) is 1. The maximum absolute atomic E-state index is 13.5. The molecule has 3 N–H and O–H groups in total. The van der Waals surface area contributed by atoms with Crippen molar-refractivity contribution in [3.8, 4) is 11.1 Å². The Morgan fingerprint density at radius 3 is 1.89 bits per heavy atom. The van der Waals surface area contributed by atoms with Crippen LogP contribution in [0.3, 0.4) is 0 Å². The molecule has 0 bridgehead atoms. The van der Waals surface area contributed by atoms with Gasteiger partial charge in [0.05, 0.1) is 6.54 Å². The quantitative estimate of drug-likeness (QED) is 0.603. The van der Waals surface area contributed by atoms with Gasteiger partial charge in [-0.1, -0.05) is 36.4 Å². The second-order valence-electron chi connectivity index (χ2n) is 8.40. The van der Waals surface area contributed by atoms with Gasteiger partial charge in [-0.25, -0.2) is 8.78 Å². The second-order valence-corrected chi connectivity index (χ2v) is 8.40. The van der Waals surface area contributed by atoms with Gasteiger partial charge >= 0.3 is 6.18 Å². The number of hydrogen-bond donors (Lipinski definition) is 1. The molecule has 2 aromatic carbocycles. The standard InChI is InChI=1S/C22H25F2N3O2.C2HF3O2/c1-26(2)21(28)19(20(25)22(29)27-12-11-18(24)13-27)16-5-3-14(4-6-16)15-7-9-17(23)10-8-15;3-2(4,5)1(6)7/h3-10,18-20H,11-13,25H2,1-2H3;(H,6,7)/t18-,19-,20-;/m0./s1. The van der Waals surface area contributed by atoms with E-state index in [-0.39, 0.29) is 24.2 Å². The minimum absolute atomic E-state index is 0.0528. The molecule has 0 radical (unpaired) electrons. The predicted molar refractivity (Wildman–Crippen MR) is 117 cm³/mol. The van der Waals surface area contributed by atoms with E-state index in [4.69, 9.17) is 9.90 Å². The van der Waals surface area contributed by atoms with E-state index in [1.54, 1.807) is 38.4 Å². The molecule has 36 heavy (non-hydrogen) atoms. The van der Waals surface area contributed by atoms with Crippen LogP contribution in [0.4, 0.5) is 22.0 Å². The summed E-state index contributed by atoms with van der Waals surface area (Å²) in [6.07, 6.45) is -5.90. The third-order valence-electron chi connectivity index (χ3n) is 5.55. The Hall–Kier alpha value is -3.54. The molecule has 0 spiro atoms. The van der Waals surface area contributed by atoms with Crippen LogP contribution >= 0.6 is 0 Å². The highest BCUT2D eigenvalue weighted by molar-refractivity contribution is 5.92. The smallest absolute Gasteiger partial charge is 0.430 e. The largest absolute Gasteiger partial charge is 0.542 e. The summed E-state index contributed by atoms with van der Waals surface area (Å²) in [4.78, 5) is 37.4. The van der Waals surface area contributed by atoms with Crippen LogP contribution in [0.15, 0.2) is 48.5 Å². The van der Waals surface area contributed by atoms with Crippen molar-refractivity contribution in [3.63, 3.8) is 0 Å². The van der Waals surface area contributed by atoms with Crippen LogP contribution in [0.2, 0.25) is 0 Å². The number of nitrogens with zero attached hydrogens (tertiary/aromatic N) is 2. The van der Waals surface area contributed by atoms with Gasteiger partial charge in [0.1, 0.15) is 23.9 Å². The van der Waals surface area contributed by atoms with Crippen LogP contribution in [0, 0.1) is 5.82 Å².